The summed E-state index contributed by atoms with van der Waals surface area (Å²) >= 11 is 0. The van der Waals surface area contributed by atoms with Crippen molar-refractivity contribution >= 4 is 11.7 Å². The molecule has 1 unspecified atom stereocenters. The van der Waals surface area contributed by atoms with Gasteiger partial charge >= 0.3 is 0 Å². The summed E-state index contributed by atoms with van der Waals surface area (Å²) in [6.07, 6.45) is 2.07. The van der Waals surface area contributed by atoms with E-state index in [2.05, 4.69) is 10.2 Å². The third-order valence-electron chi connectivity index (χ3n) is 4.27. The van der Waals surface area contributed by atoms with Crippen molar-refractivity contribution in [1.29, 1.82) is 0 Å². The lowest BCUT2D eigenvalue weighted by Crippen LogP contribution is -2.45. The number of carbonyl (C=O) groups excluding carboxylic acids is 2. The van der Waals surface area contributed by atoms with Gasteiger partial charge in [0, 0.05) is 19.0 Å². The van der Waals surface area contributed by atoms with E-state index in [1.54, 1.807) is 6.92 Å². The Hall–Kier alpha value is -1.68. The number of piperidine rings is 1. The molecule has 2 rings (SSSR count). The lowest BCUT2D eigenvalue weighted by atomic mass is 9.94. The van der Waals surface area contributed by atoms with Crippen molar-refractivity contribution in [3.8, 4) is 0 Å². The number of nitrogens with one attached hydrogen (secondary N) is 1. The van der Waals surface area contributed by atoms with Crippen LogP contribution in [0.3, 0.4) is 0 Å². The predicted octanol–water partition coefficient (Wildman–Crippen LogP) is 2.11. The Morgan fingerprint density at radius 2 is 1.86 bits per heavy atom. The van der Waals surface area contributed by atoms with E-state index in [-0.39, 0.29) is 17.7 Å². The summed E-state index contributed by atoms with van der Waals surface area (Å²) in [4.78, 5) is 25.6. The van der Waals surface area contributed by atoms with Crippen LogP contribution in [-0.2, 0) is 4.79 Å². The van der Waals surface area contributed by atoms with E-state index in [1.165, 1.54) is 0 Å². The third-order valence-corrected chi connectivity index (χ3v) is 4.27. The van der Waals surface area contributed by atoms with Crippen LogP contribution in [0.5, 0.6) is 0 Å². The number of Topliss-reactive ketones (excluding diaryl/α,β-unsaturated/α-hetero) is 1. The molecular weight excluding hydrogens is 264 g/mol. The number of likely N-dealkylation sites (tertiary alicyclic amines) is 1. The van der Waals surface area contributed by atoms with Crippen molar-refractivity contribution in [2.24, 2.45) is 5.92 Å². The highest BCUT2D eigenvalue weighted by atomic mass is 16.1. The molecule has 1 atom stereocenters. The van der Waals surface area contributed by atoms with Gasteiger partial charge in [0.2, 0.25) is 5.91 Å². The van der Waals surface area contributed by atoms with Gasteiger partial charge in [0.25, 0.3) is 0 Å². The zero-order valence-electron chi connectivity index (χ0n) is 12.8. The van der Waals surface area contributed by atoms with E-state index in [1.807, 2.05) is 37.3 Å². The highest BCUT2D eigenvalue weighted by molar-refractivity contribution is 5.99. The Morgan fingerprint density at radius 1 is 1.24 bits per heavy atom. The average Bonchev–Trinajstić information content (AvgIpc) is 2.53. The molecule has 114 valence electrons. The quantitative estimate of drug-likeness (QED) is 0.844. The first-order valence-corrected chi connectivity index (χ1v) is 7.65. The molecule has 1 N–H and O–H groups in total. The van der Waals surface area contributed by atoms with Gasteiger partial charge in [-0.15, -0.1) is 0 Å². The molecule has 0 aromatic heterocycles. The summed E-state index contributed by atoms with van der Waals surface area (Å²) in [6, 6.07) is 9.41. The van der Waals surface area contributed by atoms with Crippen LogP contribution < -0.4 is 5.32 Å². The van der Waals surface area contributed by atoms with Crippen LogP contribution in [0.1, 0.15) is 37.0 Å². The van der Waals surface area contributed by atoms with Gasteiger partial charge in [-0.2, -0.15) is 0 Å². The van der Waals surface area contributed by atoms with Crippen molar-refractivity contribution in [2.45, 2.75) is 32.7 Å². The van der Waals surface area contributed by atoms with Gasteiger partial charge in [-0.05, 0) is 38.8 Å². The number of ketones is 1. The normalized spacial score (nSPS) is 18.2. The molecular formula is C17H24N2O2. The monoisotopic (exact) mass is 288 g/mol. The molecule has 1 saturated heterocycles. The Balaban J connectivity index is 1.84. The molecule has 1 aromatic carbocycles. The van der Waals surface area contributed by atoms with Crippen molar-refractivity contribution < 1.29 is 9.59 Å². The minimum absolute atomic E-state index is 0.0325. The molecule has 1 fully saturated rings. The van der Waals surface area contributed by atoms with Crippen LogP contribution in [0.4, 0.5) is 0 Å². The number of carbonyl (C=O) groups is 2. The fourth-order valence-electron chi connectivity index (χ4n) is 2.84. The number of amides is 1. The smallest absolute Gasteiger partial charge is 0.216 e. The van der Waals surface area contributed by atoms with E-state index >= 15 is 0 Å². The van der Waals surface area contributed by atoms with Gasteiger partial charge in [0.1, 0.15) is 0 Å². The number of hydrogen-bond acceptors (Lipinski definition) is 3. The molecule has 0 spiro atoms. The molecule has 0 aliphatic carbocycles. The fraction of sp³-hybridized carbons (Fsp3) is 0.529. The summed E-state index contributed by atoms with van der Waals surface area (Å²) in [7, 11) is 0. The van der Waals surface area contributed by atoms with E-state index in [4.69, 9.17) is 0 Å². The second-order valence-corrected chi connectivity index (χ2v) is 5.82. The fourth-order valence-corrected chi connectivity index (χ4v) is 2.84. The van der Waals surface area contributed by atoms with E-state index < -0.39 is 0 Å². The van der Waals surface area contributed by atoms with Gasteiger partial charge in [-0.3, -0.25) is 14.5 Å². The first-order valence-electron chi connectivity index (χ1n) is 7.65. The number of nitrogens with zero attached hydrogens (tertiary/aromatic N) is 1. The Morgan fingerprint density at radius 3 is 2.43 bits per heavy atom. The van der Waals surface area contributed by atoms with Crippen LogP contribution in [0, 0.1) is 5.92 Å². The molecule has 21 heavy (non-hydrogen) atoms. The second-order valence-electron chi connectivity index (χ2n) is 5.82. The average molecular weight is 288 g/mol. The molecule has 0 bridgehead atoms. The van der Waals surface area contributed by atoms with Crippen LogP contribution in [0.25, 0.3) is 0 Å². The summed E-state index contributed by atoms with van der Waals surface area (Å²) in [5.74, 6) is 0.755. The number of hydrogen-bond donors (Lipinski definition) is 1. The summed E-state index contributed by atoms with van der Waals surface area (Å²) in [5.41, 5.74) is 0.783. The standard InChI is InChI=1S/C17H24N2O2/c1-13(17(21)16-6-4-3-5-7-16)19-10-8-15(9-11-19)12-18-14(2)20/h3-7,13,15H,8-12H2,1-2H3,(H,18,20). The summed E-state index contributed by atoms with van der Waals surface area (Å²) in [6.45, 7) is 6.14. The molecule has 4 nitrogen and oxygen atoms in total. The Kier molecular flexibility index (Phi) is 5.51. The van der Waals surface area contributed by atoms with Crippen molar-refractivity contribution in [3.05, 3.63) is 35.9 Å². The maximum absolute atomic E-state index is 12.4. The predicted molar refractivity (Wildman–Crippen MR) is 83.2 cm³/mol. The SMILES string of the molecule is CC(=O)NCC1CCN(C(C)C(=O)c2ccccc2)CC1. The molecule has 0 radical (unpaired) electrons. The largest absolute Gasteiger partial charge is 0.356 e. The zero-order valence-corrected chi connectivity index (χ0v) is 12.8. The van der Waals surface area contributed by atoms with E-state index in [9.17, 15) is 9.59 Å². The third kappa shape index (κ3) is 4.39. The van der Waals surface area contributed by atoms with E-state index in [0.717, 1.165) is 38.0 Å². The summed E-state index contributed by atoms with van der Waals surface area (Å²) in [5, 5.41) is 2.88. The first kappa shape index (κ1) is 15.7. The van der Waals surface area contributed by atoms with Crippen LogP contribution in [0.2, 0.25) is 0 Å². The molecule has 0 saturated carbocycles. The topological polar surface area (TPSA) is 49.4 Å². The van der Waals surface area contributed by atoms with Gasteiger partial charge in [0.05, 0.1) is 6.04 Å². The second kappa shape index (κ2) is 7.36. The maximum atomic E-state index is 12.4. The molecule has 1 aromatic rings. The molecule has 1 aliphatic heterocycles. The van der Waals surface area contributed by atoms with Crippen molar-refractivity contribution in [2.75, 3.05) is 19.6 Å². The highest BCUT2D eigenvalue weighted by Gasteiger charge is 2.27. The maximum Gasteiger partial charge on any atom is 0.216 e. The Bertz CT molecular complexity index is 479. The van der Waals surface area contributed by atoms with Gasteiger partial charge in [-0.25, -0.2) is 0 Å². The molecule has 4 heteroatoms. The number of benzene rings is 1. The van der Waals surface area contributed by atoms with Crippen LogP contribution >= 0.6 is 0 Å². The minimum Gasteiger partial charge on any atom is -0.356 e. The number of rotatable bonds is 5. The molecule has 1 amide bonds. The zero-order chi connectivity index (χ0) is 15.2. The van der Waals surface area contributed by atoms with Crippen LogP contribution in [0.15, 0.2) is 30.3 Å². The molecule has 1 aliphatic rings. The van der Waals surface area contributed by atoms with Crippen molar-refractivity contribution in [3.63, 3.8) is 0 Å². The minimum atomic E-state index is -0.0749. The van der Waals surface area contributed by atoms with Crippen molar-refractivity contribution in [1.82, 2.24) is 10.2 Å². The Labute approximate surface area is 126 Å². The summed E-state index contributed by atoms with van der Waals surface area (Å²) < 4.78 is 0. The van der Waals surface area contributed by atoms with E-state index in [0.29, 0.717) is 5.92 Å². The first-order chi connectivity index (χ1) is 10.1. The lowest BCUT2D eigenvalue weighted by molar-refractivity contribution is -0.119. The van der Waals surface area contributed by atoms with Gasteiger partial charge < -0.3 is 5.32 Å². The lowest BCUT2D eigenvalue weighted by Gasteiger charge is -2.35. The molecule has 1 heterocycles. The van der Waals surface area contributed by atoms with Gasteiger partial charge in [-0.1, -0.05) is 30.3 Å². The highest BCUT2D eigenvalue weighted by Crippen LogP contribution is 2.20. The van der Waals surface area contributed by atoms with Gasteiger partial charge in [0.15, 0.2) is 5.78 Å². The van der Waals surface area contributed by atoms with Crippen LogP contribution in [-0.4, -0.2) is 42.3 Å².